The van der Waals surface area contributed by atoms with Crippen molar-refractivity contribution in [2.24, 2.45) is 5.92 Å². The van der Waals surface area contributed by atoms with Crippen molar-refractivity contribution in [1.82, 2.24) is 19.8 Å². The van der Waals surface area contributed by atoms with Gasteiger partial charge in [-0.05, 0) is 37.8 Å². The van der Waals surface area contributed by atoms with Crippen molar-refractivity contribution >= 4 is 11.9 Å². The number of rotatable bonds is 3. The van der Waals surface area contributed by atoms with E-state index in [2.05, 4.69) is 14.9 Å². The Morgan fingerprint density at radius 3 is 2.74 bits per heavy atom. The van der Waals surface area contributed by atoms with Gasteiger partial charge in [-0.3, -0.25) is 4.79 Å². The Labute approximate surface area is 157 Å². The molecule has 2 fully saturated rings. The van der Waals surface area contributed by atoms with Crippen LogP contribution in [0.1, 0.15) is 31.9 Å². The van der Waals surface area contributed by atoms with Gasteiger partial charge in [-0.25, -0.2) is 9.97 Å². The topological polar surface area (TPSA) is 52.6 Å². The zero-order valence-corrected chi connectivity index (χ0v) is 15.6. The van der Waals surface area contributed by atoms with Crippen molar-refractivity contribution in [3.63, 3.8) is 0 Å². The summed E-state index contributed by atoms with van der Waals surface area (Å²) in [5.74, 6) is 0.635. The molecular formula is C18H26F3N5O. The number of hydrogen-bond donors (Lipinski definition) is 0. The van der Waals surface area contributed by atoms with Crippen molar-refractivity contribution in [1.29, 1.82) is 0 Å². The minimum absolute atomic E-state index is 0.113. The first kappa shape index (κ1) is 19.9. The summed E-state index contributed by atoms with van der Waals surface area (Å²) in [6.07, 6.45) is -0.367. The van der Waals surface area contributed by atoms with Crippen molar-refractivity contribution in [3.8, 4) is 0 Å². The van der Waals surface area contributed by atoms with Gasteiger partial charge in [0.1, 0.15) is 5.69 Å². The summed E-state index contributed by atoms with van der Waals surface area (Å²) < 4.78 is 38.7. The number of hydrogen-bond acceptors (Lipinski definition) is 5. The van der Waals surface area contributed by atoms with Crippen LogP contribution in [-0.2, 0) is 11.0 Å². The molecule has 6 nitrogen and oxygen atoms in total. The molecule has 0 spiro atoms. The zero-order valence-electron chi connectivity index (χ0n) is 15.6. The SMILES string of the molecule is CC(=O)N1CCCN(C[C@H]2CCCN(c3nccc(C(F)(F)F)n3)C2)CC1. The summed E-state index contributed by atoms with van der Waals surface area (Å²) >= 11 is 0. The van der Waals surface area contributed by atoms with Crippen molar-refractivity contribution in [2.45, 2.75) is 32.4 Å². The largest absolute Gasteiger partial charge is 0.433 e. The molecule has 0 bridgehead atoms. The molecule has 0 saturated carbocycles. The first-order chi connectivity index (χ1) is 12.8. The second-order valence-corrected chi connectivity index (χ2v) is 7.35. The molecule has 2 aliphatic heterocycles. The van der Waals surface area contributed by atoms with E-state index in [9.17, 15) is 18.0 Å². The lowest BCUT2D eigenvalue weighted by molar-refractivity contribution is -0.141. The molecule has 3 rings (SSSR count). The van der Waals surface area contributed by atoms with Crippen LogP contribution in [0.5, 0.6) is 0 Å². The van der Waals surface area contributed by atoms with E-state index in [-0.39, 0.29) is 11.9 Å². The summed E-state index contributed by atoms with van der Waals surface area (Å²) in [7, 11) is 0. The summed E-state index contributed by atoms with van der Waals surface area (Å²) in [6, 6.07) is 0.906. The van der Waals surface area contributed by atoms with E-state index in [0.717, 1.165) is 58.1 Å². The molecule has 27 heavy (non-hydrogen) atoms. The van der Waals surface area contributed by atoms with E-state index in [4.69, 9.17) is 0 Å². The maximum atomic E-state index is 12.9. The molecule has 1 aromatic heterocycles. The van der Waals surface area contributed by atoms with Gasteiger partial charge in [-0.2, -0.15) is 13.2 Å². The Balaban J connectivity index is 1.59. The van der Waals surface area contributed by atoms with E-state index in [0.29, 0.717) is 19.0 Å². The van der Waals surface area contributed by atoms with Crippen molar-refractivity contribution in [2.75, 3.05) is 50.7 Å². The highest BCUT2D eigenvalue weighted by molar-refractivity contribution is 5.73. The second-order valence-electron chi connectivity index (χ2n) is 7.35. The Morgan fingerprint density at radius 2 is 2.00 bits per heavy atom. The molecule has 0 radical (unpaired) electrons. The van der Waals surface area contributed by atoms with E-state index in [1.165, 1.54) is 6.20 Å². The van der Waals surface area contributed by atoms with Gasteiger partial charge in [-0.1, -0.05) is 0 Å². The van der Waals surface area contributed by atoms with E-state index < -0.39 is 11.9 Å². The van der Waals surface area contributed by atoms with Crippen LogP contribution < -0.4 is 4.90 Å². The minimum atomic E-state index is -4.46. The summed E-state index contributed by atoms with van der Waals surface area (Å²) in [5.41, 5.74) is -0.897. The Kier molecular flexibility index (Phi) is 6.18. The van der Waals surface area contributed by atoms with Crippen LogP contribution in [0.25, 0.3) is 0 Å². The minimum Gasteiger partial charge on any atom is -0.342 e. The van der Waals surface area contributed by atoms with Crippen LogP contribution in [0.4, 0.5) is 19.1 Å². The van der Waals surface area contributed by atoms with Gasteiger partial charge in [0.15, 0.2) is 0 Å². The molecule has 2 saturated heterocycles. The van der Waals surface area contributed by atoms with E-state index in [1.54, 1.807) is 6.92 Å². The third-order valence-corrected chi connectivity index (χ3v) is 5.29. The zero-order chi connectivity index (χ0) is 19.4. The molecule has 1 aromatic rings. The van der Waals surface area contributed by atoms with Crippen molar-refractivity contribution in [3.05, 3.63) is 18.0 Å². The van der Waals surface area contributed by atoms with Gasteiger partial charge in [0.2, 0.25) is 11.9 Å². The predicted octanol–water partition coefficient (Wildman–Crippen LogP) is 2.27. The summed E-state index contributed by atoms with van der Waals surface area (Å²) in [6.45, 7) is 7.15. The van der Waals surface area contributed by atoms with Crippen LogP contribution in [0.3, 0.4) is 0 Å². The quantitative estimate of drug-likeness (QED) is 0.799. The van der Waals surface area contributed by atoms with Gasteiger partial charge in [0.25, 0.3) is 0 Å². The molecule has 9 heteroatoms. The van der Waals surface area contributed by atoms with Crippen LogP contribution >= 0.6 is 0 Å². The van der Waals surface area contributed by atoms with Crippen LogP contribution in [0.15, 0.2) is 12.3 Å². The average Bonchev–Trinajstić information content (AvgIpc) is 2.87. The first-order valence-corrected chi connectivity index (χ1v) is 9.46. The molecular weight excluding hydrogens is 359 g/mol. The number of amides is 1. The number of carbonyl (C=O) groups is 1. The lowest BCUT2D eigenvalue weighted by Crippen LogP contribution is -2.43. The number of alkyl halides is 3. The molecule has 0 N–H and O–H groups in total. The van der Waals surface area contributed by atoms with Crippen LogP contribution in [0.2, 0.25) is 0 Å². The second kappa shape index (κ2) is 8.41. The summed E-state index contributed by atoms with van der Waals surface area (Å²) in [4.78, 5) is 25.4. The molecule has 1 amide bonds. The Hall–Kier alpha value is -1.90. The molecule has 0 aromatic carbocycles. The maximum Gasteiger partial charge on any atom is 0.433 e. The number of carbonyl (C=O) groups excluding carboxylic acids is 1. The fourth-order valence-corrected chi connectivity index (χ4v) is 3.89. The van der Waals surface area contributed by atoms with Crippen molar-refractivity contribution < 1.29 is 18.0 Å². The highest BCUT2D eigenvalue weighted by Crippen LogP contribution is 2.29. The van der Waals surface area contributed by atoms with E-state index in [1.807, 2.05) is 9.80 Å². The van der Waals surface area contributed by atoms with E-state index >= 15 is 0 Å². The lowest BCUT2D eigenvalue weighted by atomic mass is 9.97. The van der Waals surface area contributed by atoms with Gasteiger partial charge in [0, 0.05) is 52.4 Å². The Morgan fingerprint density at radius 1 is 1.19 bits per heavy atom. The molecule has 0 unspecified atom stereocenters. The average molecular weight is 385 g/mol. The monoisotopic (exact) mass is 385 g/mol. The van der Waals surface area contributed by atoms with Crippen LogP contribution in [0, 0.1) is 5.92 Å². The molecule has 0 aliphatic carbocycles. The third-order valence-electron chi connectivity index (χ3n) is 5.29. The predicted molar refractivity (Wildman–Crippen MR) is 95.3 cm³/mol. The number of aromatic nitrogens is 2. The lowest BCUT2D eigenvalue weighted by Gasteiger charge is -2.35. The van der Waals surface area contributed by atoms with Gasteiger partial charge >= 0.3 is 6.18 Å². The van der Waals surface area contributed by atoms with Gasteiger partial charge in [-0.15, -0.1) is 0 Å². The molecule has 2 aliphatic rings. The fraction of sp³-hybridized carbons (Fsp3) is 0.722. The maximum absolute atomic E-state index is 12.9. The highest BCUT2D eigenvalue weighted by atomic mass is 19.4. The Bertz CT molecular complexity index is 654. The number of anilines is 1. The first-order valence-electron chi connectivity index (χ1n) is 9.46. The molecule has 3 heterocycles. The standard InChI is InChI=1S/C18H26F3N5O/c1-14(27)25-9-3-7-24(10-11-25)12-15-4-2-8-26(13-15)17-22-6-5-16(23-17)18(19,20)21/h5-6,15H,2-4,7-13H2,1H3/t15-/m1/s1. The normalized spacial score (nSPS) is 22.6. The molecule has 150 valence electrons. The number of halogens is 3. The number of piperidine rings is 1. The smallest absolute Gasteiger partial charge is 0.342 e. The summed E-state index contributed by atoms with van der Waals surface area (Å²) in [5, 5.41) is 0. The van der Waals surface area contributed by atoms with Gasteiger partial charge in [0.05, 0.1) is 0 Å². The number of nitrogens with zero attached hydrogens (tertiary/aromatic N) is 5. The van der Waals surface area contributed by atoms with Gasteiger partial charge < -0.3 is 14.7 Å². The third kappa shape index (κ3) is 5.31. The van der Waals surface area contributed by atoms with Crippen LogP contribution in [-0.4, -0.2) is 71.5 Å². The highest BCUT2D eigenvalue weighted by Gasteiger charge is 2.34. The fourth-order valence-electron chi connectivity index (χ4n) is 3.89. The molecule has 1 atom stereocenters.